The molecule has 0 aliphatic heterocycles. The zero-order chi connectivity index (χ0) is 14.6. The van der Waals surface area contributed by atoms with Gasteiger partial charge in [-0.25, -0.2) is 0 Å². The Morgan fingerprint density at radius 3 is 2.50 bits per heavy atom. The van der Waals surface area contributed by atoms with Crippen molar-refractivity contribution in [3.63, 3.8) is 0 Å². The van der Waals surface area contributed by atoms with Crippen molar-refractivity contribution in [2.75, 3.05) is 7.05 Å². The SMILES string of the molecule is CNC(CCc1cccs1)C1CCC(C(F)(F)F)CC1. The number of hydrogen-bond donors (Lipinski definition) is 1. The van der Waals surface area contributed by atoms with Crippen LogP contribution in [0, 0.1) is 11.8 Å². The number of halogens is 3. The van der Waals surface area contributed by atoms with Gasteiger partial charge in [0, 0.05) is 10.9 Å². The van der Waals surface area contributed by atoms with Crippen LogP contribution in [0.2, 0.25) is 0 Å². The third kappa shape index (κ3) is 4.22. The van der Waals surface area contributed by atoms with Crippen LogP contribution in [-0.4, -0.2) is 19.3 Å². The van der Waals surface area contributed by atoms with Crippen LogP contribution in [0.15, 0.2) is 17.5 Å². The van der Waals surface area contributed by atoms with E-state index in [1.54, 1.807) is 11.3 Å². The maximum Gasteiger partial charge on any atom is 0.391 e. The molecule has 0 saturated heterocycles. The molecule has 0 spiro atoms. The molecule has 1 nitrogen and oxygen atoms in total. The lowest BCUT2D eigenvalue weighted by atomic mass is 9.77. The Morgan fingerprint density at radius 2 is 2.00 bits per heavy atom. The fourth-order valence-corrected chi connectivity index (χ4v) is 3.94. The van der Waals surface area contributed by atoms with Crippen LogP contribution in [-0.2, 0) is 6.42 Å². The summed E-state index contributed by atoms with van der Waals surface area (Å²) in [4.78, 5) is 1.36. The van der Waals surface area contributed by atoms with Gasteiger partial charge in [0.2, 0.25) is 0 Å². The second kappa shape index (κ2) is 6.94. The van der Waals surface area contributed by atoms with Crippen LogP contribution in [0.1, 0.15) is 37.0 Å². The van der Waals surface area contributed by atoms with Gasteiger partial charge in [-0.3, -0.25) is 0 Å². The fourth-order valence-electron chi connectivity index (χ4n) is 3.22. The van der Waals surface area contributed by atoms with Gasteiger partial charge in [0.05, 0.1) is 5.92 Å². The summed E-state index contributed by atoms with van der Waals surface area (Å²) in [5, 5.41) is 5.38. The van der Waals surface area contributed by atoms with Crippen LogP contribution in [0.25, 0.3) is 0 Å². The molecule has 5 heteroatoms. The van der Waals surface area contributed by atoms with E-state index in [0.717, 1.165) is 12.8 Å². The highest BCUT2D eigenvalue weighted by molar-refractivity contribution is 7.09. The van der Waals surface area contributed by atoms with E-state index in [2.05, 4.69) is 16.8 Å². The summed E-state index contributed by atoms with van der Waals surface area (Å²) in [6.45, 7) is 0. The lowest BCUT2D eigenvalue weighted by Crippen LogP contribution is -2.38. The van der Waals surface area contributed by atoms with Gasteiger partial charge < -0.3 is 5.32 Å². The minimum atomic E-state index is -4.00. The maximum absolute atomic E-state index is 12.7. The average molecular weight is 305 g/mol. The molecule has 0 radical (unpaired) electrons. The number of hydrogen-bond acceptors (Lipinski definition) is 2. The summed E-state index contributed by atoms with van der Waals surface area (Å²) >= 11 is 1.75. The second-order valence-corrected chi connectivity index (χ2v) is 6.70. The second-order valence-electron chi connectivity index (χ2n) is 5.67. The molecule has 20 heavy (non-hydrogen) atoms. The first-order chi connectivity index (χ1) is 9.50. The molecule has 1 aromatic heterocycles. The minimum Gasteiger partial charge on any atom is -0.317 e. The van der Waals surface area contributed by atoms with Gasteiger partial charge in [0.15, 0.2) is 0 Å². The molecular weight excluding hydrogens is 283 g/mol. The zero-order valence-corrected chi connectivity index (χ0v) is 12.6. The smallest absolute Gasteiger partial charge is 0.317 e. The summed E-state index contributed by atoms with van der Waals surface area (Å²) in [5.74, 6) is -0.688. The summed E-state index contributed by atoms with van der Waals surface area (Å²) < 4.78 is 38.0. The van der Waals surface area contributed by atoms with E-state index in [1.165, 1.54) is 4.88 Å². The largest absolute Gasteiger partial charge is 0.391 e. The maximum atomic E-state index is 12.7. The molecular formula is C15H22F3NS. The zero-order valence-electron chi connectivity index (χ0n) is 11.7. The summed E-state index contributed by atoms with van der Waals surface area (Å²) in [6.07, 6.45) is 0.00869. The Balaban J connectivity index is 1.81. The molecule has 1 atom stereocenters. The van der Waals surface area contributed by atoms with Crippen molar-refractivity contribution in [2.24, 2.45) is 11.8 Å². The monoisotopic (exact) mass is 305 g/mol. The van der Waals surface area contributed by atoms with Gasteiger partial charge in [-0.2, -0.15) is 13.2 Å². The van der Waals surface area contributed by atoms with Crippen LogP contribution in [0.4, 0.5) is 13.2 Å². The summed E-state index contributed by atoms with van der Waals surface area (Å²) in [6, 6.07) is 4.51. The minimum absolute atomic E-state index is 0.297. The standard InChI is InChI=1S/C15H22F3NS/c1-19-14(9-8-13-3-2-10-20-13)11-4-6-12(7-5-11)15(16,17)18/h2-3,10-12,14,19H,4-9H2,1H3. The molecule has 1 N–H and O–H groups in total. The molecule has 1 aliphatic carbocycles. The van der Waals surface area contributed by atoms with Gasteiger partial charge in [-0.1, -0.05) is 6.07 Å². The van der Waals surface area contributed by atoms with Crippen molar-refractivity contribution in [2.45, 2.75) is 50.7 Å². The van der Waals surface area contributed by atoms with E-state index in [1.807, 2.05) is 13.1 Å². The highest BCUT2D eigenvalue weighted by atomic mass is 32.1. The highest BCUT2D eigenvalue weighted by Crippen LogP contribution is 2.40. The third-order valence-electron chi connectivity index (χ3n) is 4.46. The fraction of sp³-hybridized carbons (Fsp3) is 0.733. The number of thiophene rings is 1. The quantitative estimate of drug-likeness (QED) is 0.836. The Hall–Kier alpha value is -0.550. The summed E-state index contributed by atoms with van der Waals surface area (Å²) in [5.41, 5.74) is 0. The molecule has 114 valence electrons. The first-order valence-electron chi connectivity index (χ1n) is 7.27. The summed E-state index contributed by atoms with van der Waals surface area (Å²) in [7, 11) is 1.93. The lowest BCUT2D eigenvalue weighted by Gasteiger charge is -2.34. The van der Waals surface area contributed by atoms with Crippen LogP contribution < -0.4 is 5.32 Å². The van der Waals surface area contributed by atoms with Crippen LogP contribution in [0.5, 0.6) is 0 Å². The van der Waals surface area contributed by atoms with E-state index in [4.69, 9.17) is 0 Å². The van der Waals surface area contributed by atoms with Gasteiger partial charge in [-0.15, -0.1) is 11.3 Å². The molecule has 1 aromatic rings. The van der Waals surface area contributed by atoms with Gasteiger partial charge in [0.25, 0.3) is 0 Å². The Bertz CT molecular complexity index is 380. The Morgan fingerprint density at radius 1 is 1.30 bits per heavy atom. The van der Waals surface area contributed by atoms with Crippen molar-refractivity contribution in [1.29, 1.82) is 0 Å². The topological polar surface area (TPSA) is 12.0 Å². The van der Waals surface area contributed by atoms with Crippen molar-refractivity contribution in [3.05, 3.63) is 22.4 Å². The van der Waals surface area contributed by atoms with E-state index >= 15 is 0 Å². The van der Waals surface area contributed by atoms with Crippen molar-refractivity contribution in [3.8, 4) is 0 Å². The molecule has 1 fully saturated rings. The number of alkyl halides is 3. The van der Waals surface area contributed by atoms with E-state index in [9.17, 15) is 13.2 Å². The van der Waals surface area contributed by atoms with E-state index in [0.29, 0.717) is 37.6 Å². The molecule has 2 rings (SSSR count). The lowest BCUT2D eigenvalue weighted by molar-refractivity contribution is -0.184. The molecule has 0 bridgehead atoms. The van der Waals surface area contributed by atoms with Gasteiger partial charge in [-0.05, 0) is 62.9 Å². The number of rotatable bonds is 5. The van der Waals surface area contributed by atoms with Gasteiger partial charge >= 0.3 is 6.18 Å². The predicted octanol–water partition coefficient (Wildman–Crippen LogP) is 4.64. The average Bonchev–Trinajstić information content (AvgIpc) is 2.92. The third-order valence-corrected chi connectivity index (χ3v) is 5.39. The first kappa shape index (κ1) is 15.8. The van der Waals surface area contributed by atoms with Gasteiger partial charge in [0.1, 0.15) is 0 Å². The Labute approximate surface area is 122 Å². The number of aryl methyl sites for hydroxylation is 1. The molecule has 0 amide bonds. The van der Waals surface area contributed by atoms with E-state index < -0.39 is 12.1 Å². The molecule has 0 aromatic carbocycles. The normalized spacial score (nSPS) is 25.6. The van der Waals surface area contributed by atoms with Crippen molar-refractivity contribution in [1.82, 2.24) is 5.32 Å². The highest BCUT2D eigenvalue weighted by Gasteiger charge is 2.42. The molecule has 1 heterocycles. The first-order valence-corrected chi connectivity index (χ1v) is 8.15. The molecule has 1 unspecified atom stereocenters. The van der Waals surface area contributed by atoms with Crippen molar-refractivity contribution >= 4 is 11.3 Å². The van der Waals surface area contributed by atoms with Crippen LogP contribution >= 0.6 is 11.3 Å². The molecule has 1 saturated carbocycles. The van der Waals surface area contributed by atoms with Crippen LogP contribution in [0.3, 0.4) is 0 Å². The van der Waals surface area contributed by atoms with Crippen molar-refractivity contribution < 1.29 is 13.2 Å². The molecule has 1 aliphatic rings. The Kier molecular flexibility index (Phi) is 5.49. The number of nitrogens with one attached hydrogen (secondary N) is 1. The predicted molar refractivity (Wildman–Crippen MR) is 77.0 cm³/mol. The van der Waals surface area contributed by atoms with E-state index in [-0.39, 0.29) is 0 Å².